The third kappa shape index (κ3) is 4.60. The van der Waals surface area contributed by atoms with Gasteiger partial charge < -0.3 is 15.4 Å². The molecule has 1 aromatic carbocycles. The summed E-state index contributed by atoms with van der Waals surface area (Å²) in [7, 11) is 1.63. The van der Waals surface area contributed by atoms with Crippen molar-refractivity contribution in [3.8, 4) is 5.82 Å². The van der Waals surface area contributed by atoms with Gasteiger partial charge in [-0.2, -0.15) is 10.1 Å². The third-order valence-corrected chi connectivity index (χ3v) is 5.13. The summed E-state index contributed by atoms with van der Waals surface area (Å²) in [6.45, 7) is 8.38. The second-order valence-corrected chi connectivity index (χ2v) is 7.48. The van der Waals surface area contributed by atoms with Gasteiger partial charge in [-0.1, -0.05) is 6.58 Å². The number of hydrogen-bond acceptors (Lipinski definition) is 6. The van der Waals surface area contributed by atoms with E-state index in [2.05, 4.69) is 32.3 Å². The zero-order chi connectivity index (χ0) is 23.5. The van der Waals surface area contributed by atoms with E-state index in [4.69, 9.17) is 4.74 Å². The minimum absolute atomic E-state index is 0.109. The minimum Gasteiger partial charge on any atom is -0.383 e. The number of amides is 1. The number of aryl methyl sites for hydroxylation is 2. The van der Waals surface area contributed by atoms with Crippen molar-refractivity contribution < 1.29 is 13.9 Å². The predicted octanol–water partition coefficient (Wildman–Crippen LogP) is 3.89. The van der Waals surface area contributed by atoms with Crippen LogP contribution in [0.5, 0.6) is 0 Å². The fourth-order valence-corrected chi connectivity index (χ4v) is 3.49. The maximum atomic E-state index is 14.8. The quantitative estimate of drug-likeness (QED) is 0.396. The molecular formula is C23H24FN7O2. The van der Waals surface area contributed by atoms with Crippen LogP contribution in [0.15, 0.2) is 49.4 Å². The maximum absolute atomic E-state index is 14.8. The molecule has 33 heavy (non-hydrogen) atoms. The van der Waals surface area contributed by atoms with Gasteiger partial charge in [0.25, 0.3) is 0 Å². The standard InChI is InChI=1S/C23H24FN7O2/c1-5-21(32)26-16-6-7-20-17(10-16)14(2)12-31(20)22-18(24)11-25-23(28-22)27-19-13-30(8-9-33-4)29-15(19)3/h5-7,10-13H,1,8-9H2,2-4H3,(H,26,32)(H,25,27,28). The number of halogens is 1. The first-order valence-corrected chi connectivity index (χ1v) is 10.3. The Morgan fingerprint density at radius 1 is 1.30 bits per heavy atom. The predicted molar refractivity (Wildman–Crippen MR) is 125 cm³/mol. The number of carbonyl (C=O) groups excluding carboxylic acids is 1. The van der Waals surface area contributed by atoms with E-state index in [0.717, 1.165) is 34.0 Å². The van der Waals surface area contributed by atoms with Gasteiger partial charge in [0.15, 0.2) is 11.6 Å². The highest BCUT2D eigenvalue weighted by atomic mass is 19.1. The summed E-state index contributed by atoms with van der Waals surface area (Å²) in [5, 5.41) is 11.1. The first-order chi connectivity index (χ1) is 15.9. The molecule has 9 nitrogen and oxygen atoms in total. The summed E-state index contributed by atoms with van der Waals surface area (Å²) in [6.07, 6.45) is 5.97. The fraction of sp³-hybridized carbons (Fsp3) is 0.217. The minimum atomic E-state index is -0.561. The lowest BCUT2D eigenvalue weighted by Crippen LogP contribution is -2.07. The molecule has 2 N–H and O–H groups in total. The highest BCUT2D eigenvalue weighted by molar-refractivity contribution is 6.00. The molecule has 0 saturated carbocycles. The van der Waals surface area contributed by atoms with E-state index in [1.807, 2.05) is 26.1 Å². The van der Waals surface area contributed by atoms with E-state index in [1.54, 1.807) is 34.7 Å². The van der Waals surface area contributed by atoms with Crippen molar-refractivity contribution in [3.63, 3.8) is 0 Å². The van der Waals surface area contributed by atoms with Crippen molar-refractivity contribution in [2.75, 3.05) is 24.4 Å². The first kappa shape index (κ1) is 22.2. The lowest BCUT2D eigenvalue weighted by atomic mass is 10.2. The number of fused-ring (bicyclic) bond motifs is 1. The zero-order valence-corrected chi connectivity index (χ0v) is 18.6. The lowest BCUT2D eigenvalue weighted by Gasteiger charge is -2.09. The number of rotatable bonds is 8. The number of ether oxygens (including phenoxy) is 1. The topological polar surface area (TPSA) is 98.9 Å². The molecule has 4 rings (SSSR count). The van der Waals surface area contributed by atoms with E-state index in [0.29, 0.717) is 18.8 Å². The number of hydrogen-bond donors (Lipinski definition) is 2. The van der Waals surface area contributed by atoms with Crippen molar-refractivity contribution in [2.24, 2.45) is 0 Å². The normalized spacial score (nSPS) is 11.0. The Labute approximate surface area is 189 Å². The fourth-order valence-electron chi connectivity index (χ4n) is 3.49. The molecule has 0 spiro atoms. The van der Waals surface area contributed by atoms with Gasteiger partial charge in [-0.15, -0.1) is 0 Å². The Morgan fingerprint density at radius 3 is 2.88 bits per heavy atom. The third-order valence-electron chi connectivity index (χ3n) is 5.13. The molecule has 0 bridgehead atoms. The van der Waals surface area contributed by atoms with E-state index >= 15 is 0 Å². The molecule has 1 amide bonds. The van der Waals surface area contributed by atoms with Crippen molar-refractivity contribution in [1.82, 2.24) is 24.3 Å². The van der Waals surface area contributed by atoms with Crippen molar-refractivity contribution >= 4 is 34.1 Å². The van der Waals surface area contributed by atoms with Crippen LogP contribution in [0, 0.1) is 19.7 Å². The monoisotopic (exact) mass is 449 g/mol. The number of methoxy groups -OCH3 is 1. The average Bonchev–Trinajstić information content (AvgIpc) is 3.32. The Hall–Kier alpha value is -4.05. The van der Waals surface area contributed by atoms with Crippen LogP contribution in [0.3, 0.4) is 0 Å². The molecule has 10 heteroatoms. The van der Waals surface area contributed by atoms with Gasteiger partial charge in [0.1, 0.15) is 0 Å². The summed E-state index contributed by atoms with van der Waals surface area (Å²) in [4.78, 5) is 20.1. The zero-order valence-electron chi connectivity index (χ0n) is 18.6. The second kappa shape index (κ2) is 9.21. The van der Waals surface area contributed by atoms with Crippen molar-refractivity contribution in [3.05, 3.63) is 66.5 Å². The van der Waals surface area contributed by atoms with Crippen LogP contribution in [0.2, 0.25) is 0 Å². The largest absolute Gasteiger partial charge is 0.383 e. The van der Waals surface area contributed by atoms with Crippen LogP contribution in [-0.2, 0) is 16.1 Å². The molecule has 0 fully saturated rings. The highest BCUT2D eigenvalue weighted by Gasteiger charge is 2.16. The number of nitrogens with zero attached hydrogens (tertiary/aromatic N) is 5. The lowest BCUT2D eigenvalue weighted by molar-refractivity contribution is -0.111. The SMILES string of the molecule is C=CC(=O)Nc1ccc2c(c1)c(C)cn2-c1nc(Nc2cn(CCOC)nc2C)ncc1F. The molecule has 170 valence electrons. The molecular weight excluding hydrogens is 425 g/mol. The number of carbonyl (C=O) groups is 1. The Balaban J connectivity index is 1.67. The van der Waals surface area contributed by atoms with Gasteiger partial charge in [-0.05, 0) is 43.7 Å². The van der Waals surface area contributed by atoms with Gasteiger partial charge in [-0.3, -0.25) is 14.0 Å². The van der Waals surface area contributed by atoms with Crippen molar-refractivity contribution in [2.45, 2.75) is 20.4 Å². The van der Waals surface area contributed by atoms with E-state index in [-0.39, 0.29) is 17.7 Å². The molecule has 4 aromatic rings. The molecule has 0 radical (unpaired) electrons. The van der Waals surface area contributed by atoms with Crippen LogP contribution < -0.4 is 10.6 Å². The van der Waals surface area contributed by atoms with Crippen LogP contribution >= 0.6 is 0 Å². The molecule has 0 aliphatic carbocycles. The average molecular weight is 449 g/mol. The summed E-state index contributed by atoms with van der Waals surface area (Å²) in [5.74, 6) is -0.508. The summed E-state index contributed by atoms with van der Waals surface area (Å²) in [5.41, 5.74) is 3.76. The van der Waals surface area contributed by atoms with Crippen LogP contribution in [0.25, 0.3) is 16.7 Å². The molecule has 0 saturated heterocycles. The summed E-state index contributed by atoms with van der Waals surface area (Å²) >= 11 is 0. The van der Waals surface area contributed by atoms with E-state index in [9.17, 15) is 9.18 Å². The molecule has 0 unspecified atom stereocenters. The molecule has 0 aliphatic rings. The van der Waals surface area contributed by atoms with Gasteiger partial charge in [0.2, 0.25) is 11.9 Å². The molecule has 0 atom stereocenters. The van der Waals surface area contributed by atoms with Gasteiger partial charge >= 0.3 is 0 Å². The maximum Gasteiger partial charge on any atom is 0.247 e. The van der Waals surface area contributed by atoms with E-state index < -0.39 is 5.82 Å². The van der Waals surface area contributed by atoms with Gasteiger partial charge in [0, 0.05) is 30.6 Å². The van der Waals surface area contributed by atoms with Crippen LogP contribution in [-0.4, -0.2) is 43.9 Å². The van der Waals surface area contributed by atoms with Crippen molar-refractivity contribution in [1.29, 1.82) is 0 Å². The number of anilines is 3. The highest BCUT2D eigenvalue weighted by Crippen LogP contribution is 2.28. The van der Waals surface area contributed by atoms with Crippen LogP contribution in [0.4, 0.5) is 21.7 Å². The van der Waals surface area contributed by atoms with Crippen LogP contribution in [0.1, 0.15) is 11.3 Å². The first-order valence-electron chi connectivity index (χ1n) is 10.3. The smallest absolute Gasteiger partial charge is 0.247 e. The molecule has 0 aliphatic heterocycles. The Kier molecular flexibility index (Phi) is 6.18. The molecule has 3 aromatic heterocycles. The summed E-state index contributed by atoms with van der Waals surface area (Å²) in [6, 6.07) is 5.38. The summed E-state index contributed by atoms with van der Waals surface area (Å²) < 4.78 is 23.3. The second-order valence-electron chi connectivity index (χ2n) is 7.48. The Bertz CT molecular complexity index is 1340. The van der Waals surface area contributed by atoms with E-state index in [1.165, 1.54) is 6.08 Å². The number of aromatic nitrogens is 5. The number of nitrogens with one attached hydrogen (secondary N) is 2. The van der Waals surface area contributed by atoms with Gasteiger partial charge in [-0.25, -0.2) is 9.37 Å². The van der Waals surface area contributed by atoms with Gasteiger partial charge in [0.05, 0.1) is 36.2 Å². The molecule has 3 heterocycles. The number of benzene rings is 1. The Morgan fingerprint density at radius 2 is 2.12 bits per heavy atom.